The molecule has 0 fully saturated rings. The Kier molecular flexibility index (Phi) is 3.67. The van der Waals surface area contributed by atoms with Crippen LogP contribution in [0.1, 0.15) is 27.4 Å². The predicted octanol–water partition coefficient (Wildman–Crippen LogP) is 2.71. The molecule has 132 valence electrons. The number of hydrogen-bond donors (Lipinski definition) is 2. The van der Waals surface area contributed by atoms with E-state index in [0.717, 1.165) is 0 Å². The zero-order chi connectivity index (χ0) is 19.1. The van der Waals surface area contributed by atoms with Crippen LogP contribution in [0.15, 0.2) is 69.2 Å². The van der Waals surface area contributed by atoms with Crippen molar-refractivity contribution in [2.24, 2.45) is 5.73 Å². The number of carboxylic acid groups (broad SMARTS) is 1. The number of benzene rings is 2. The van der Waals surface area contributed by atoms with Crippen LogP contribution in [0.4, 0.5) is 0 Å². The first-order valence-electron chi connectivity index (χ1n) is 7.98. The Balaban J connectivity index is 2.01. The molecule has 1 atom stereocenters. The molecule has 4 rings (SSSR count). The molecule has 0 radical (unpaired) electrons. The fourth-order valence-corrected chi connectivity index (χ4v) is 3.22. The first-order valence-corrected chi connectivity index (χ1v) is 7.98. The highest BCUT2D eigenvalue weighted by Crippen LogP contribution is 2.43. The second-order valence-electron chi connectivity index (χ2n) is 5.98. The summed E-state index contributed by atoms with van der Waals surface area (Å²) in [6, 6.07) is 14.7. The predicted molar refractivity (Wildman–Crippen MR) is 95.2 cm³/mol. The number of carbonyl (C=O) groups is 1. The summed E-state index contributed by atoms with van der Waals surface area (Å²) < 4.78 is 11.0. The summed E-state index contributed by atoms with van der Waals surface area (Å²) in [5.41, 5.74) is 6.50. The average Bonchev–Trinajstić information content (AvgIpc) is 2.67. The fourth-order valence-electron chi connectivity index (χ4n) is 3.22. The maximum atomic E-state index is 12.7. The standard InChI is InChI=1S/C20H12N2O5/c21-9-13-15(10-5-7-11(8-6-10)19(23)24)16-17(27-18(13)22)12-3-1-2-4-14(12)26-20(16)25/h1-8,15H,22H2,(H,23,24)/t15-/m1/s1. The molecule has 7 heteroatoms. The van der Waals surface area contributed by atoms with E-state index in [2.05, 4.69) is 0 Å². The monoisotopic (exact) mass is 360 g/mol. The van der Waals surface area contributed by atoms with Crippen LogP contribution in [0.3, 0.4) is 0 Å². The van der Waals surface area contributed by atoms with Crippen LogP contribution in [0, 0.1) is 11.3 Å². The molecule has 0 unspecified atom stereocenters. The van der Waals surface area contributed by atoms with E-state index in [0.29, 0.717) is 16.5 Å². The van der Waals surface area contributed by atoms with Gasteiger partial charge in [0.05, 0.1) is 22.4 Å². The van der Waals surface area contributed by atoms with E-state index < -0.39 is 17.5 Å². The number of hydrogen-bond acceptors (Lipinski definition) is 6. The average molecular weight is 360 g/mol. The molecule has 1 aliphatic rings. The van der Waals surface area contributed by atoms with Crippen molar-refractivity contribution in [3.8, 4) is 11.8 Å². The SMILES string of the molecule is N#CC1=C(N)Oc2c(c(=O)oc3ccccc23)[C@@H]1c1ccc(C(=O)O)cc1. The minimum Gasteiger partial charge on any atom is -0.478 e. The lowest BCUT2D eigenvalue weighted by Gasteiger charge is -2.26. The van der Waals surface area contributed by atoms with Gasteiger partial charge in [0.15, 0.2) is 5.75 Å². The van der Waals surface area contributed by atoms with Crippen LogP contribution in [-0.2, 0) is 0 Å². The summed E-state index contributed by atoms with van der Waals surface area (Å²) in [7, 11) is 0. The lowest BCUT2D eigenvalue weighted by atomic mass is 9.83. The minimum absolute atomic E-state index is 0.0631. The Hall–Kier alpha value is -4.05. The van der Waals surface area contributed by atoms with Crippen LogP contribution in [0.25, 0.3) is 11.0 Å². The van der Waals surface area contributed by atoms with Crippen LogP contribution < -0.4 is 16.1 Å². The molecule has 2 heterocycles. The van der Waals surface area contributed by atoms with Crippen LogP contribution >= 0.6 is 0 Å². The van der Waals surface area contributed by atoms with Crippen LogP contribution in [0.5, 0.6) is 5.75 Å². The topological polar surface area (TPSA) is 127 Å². The second-order valence-corrected chi connectivity index (χ2v) is 5.98. The van der Waals surface area contributed by atoms with Gasteiger partial charge in [-0.2, -0.15) is 5.26 Å². The molecular weight excluding hydrogens is 348 g/mol. The van der Waals surface area contributed by atoms with Crippen LogP contribution in [0.2, 0.25) is 0 Å². The lowest BCUT2D eigenvalue weighted by molar-refractivity contribution is 0.0697. The molecule has 1 aliphatic heterocycles. The first kappa shape index (κ1) is 16.4. The van der Waals surface area contributed by atoms with E-state index in [1.54, 1.807) is 36.4 Å². The van der Waals surface area contributed by atoms with Crippen molar-refractivity contribution in [3.05, 3.63) is 87.1 Å². The summed E-state index contributed by atoms with van der Waals surface area (Å²) >= 11 is 0. The zero-order valence-corrected chi connectivity index (χ0v) is 13.8. The van der Waals surface area contributed by atoms with Gasteiger partial charge >= 0.3 is 11.6 Å². The van der Waals surface area contributed by atoms with Gasteiger partial charge in [0.25, 0.3) is 0 Å². The Bertz CT molecular complexity index is 1220. The summed E-state index contributed by atoms with van der Waals surface area (Å²) in [4.78, 5) is 23.8. The van der Waals surface area contributed by atoms with Crippen molar-refractivity contribution >= 4 is 16.9 Å². The Morgan fingerprint density at radius 3 is 2.52 bits per heavy atom. The maximum absolute atomic E-state index is 12.7. The molecule has 0 saturated carbocycles. The van der Waals surface area contributed by atoms with Crippen molar-refractivity contribution in [1.29, 1.82) is 5.26 Å². The first-order chi connectivity index (χ1) is 13.0. The summed E-state index contributed by atoms with van der Waals surface area (Å²) in [6.45, 7) is 0. The highest BCUT2D eigenvalue weighted by Gasteiger charge is 2.35. The number of allylic oxidation sites excluding steroid dienone is 1. The minimum atomic E-state index is -1.07. The number of ether oxygens (including phenoxy) is 1. The highest BCUT2D eigenvalue weighted by molar-refractivity contribution is 5.88. The van der Waals surface area contributed by atoms with E-state index >= 15 is 0 Å². The quantitative estimate of drug-likeness (QED) is 0.673. The van der Waals surface area contributed by atoms with Crippen molar-refractivity contribution in [2.75, 3.05) is 0 Å². The van der Waals surface area contributed by atoms with E-state index in [9.17, 15) is 14.9 Å². The summed E-state index contributed by atoms with van der Waals surface area (Å²) in [5, 5.41) is 19.2. The molecule has 0 spiro atoms. The number of fused-ring (bicyclic) bond motifs is 3. The van der Waals surface area contributed by atoms with E-state index in [-0.39, 0.29) is 28.3 Å². The normalized spacial score (nSPS) is 15.7. The molecule has 0 saturated heterocycles. The Morgan fingerprint density at radius 2 is 1.85 bits per heavy atom. The number of rotatable bonds is 2. The molecule has 7 nitrogen and oxygen atoms in total. The van der Waals surface area contributed by atoms with Gasteiger partial charge in [-0.1, -0.05) is 24.3 Å². The Labute approximate surface area is 152 Å². The smallest absolute Gasteiger partial charge is 0.344 e. The molecule has 3 N–H and O–H groups in total. The molecule has 0 aliphatic carbocycles. The molecule has 1 aromatic heterocycles. The van der Waals surface area contributed by atoms with Gasteiger partial charge in [0.1, 0.15) is 17.2 Å². The van der Waals surface area contributed by atoms with Gasteiger partial charge in [-0.3, -0.25) is 0 Å². The van der Waals surface area contributed by atoms with Crippen molar-refractivity contribution in [2.45, 2.75) is 5.92 Å². The van der Waals surface area contributed by atoms with E-state index in [1.807, 2.05) is 6.07 Å². The summed E-state index contributed by atoms with van der Waals surface area (Å²) in [5.74, 6) is -1.75. The molecule has 2 aromatic carbocycles. The third kappa shape index (κ3) is 2.51. The fraction of sp³-hybridized carbons (Fsp3) is 0.0500. The number of nitriles is 1. The number of para-hydroxylation sites is 1. The van der Waals surface area contributed by atoms with Gasteiger partial charge in [0.2, 0.25) is 5.88 Å². The van der Waals surface area contributed by atoms with Crippen molar-refractivity contribution < 1.29 is 19.1 Å². The number of nitrogens with two attached hydrogens (primary N) is 1. The lowest BCUT2D eigenvalue weighted by Crippen LogP contribution is -2.26. The maximum Gasteiger partial charge on any atom is 0.344 e. The highest BCUT2D eigenvalue weighted by atomic mass is 16.5. The van der Waals surface area contributed by atoms with Gasteiger partial charge in [-0.05, 0) is 29.8 Å². The summed E-state index contributed by atoms with van der Waals surface area (Å²) in [6.07, 6.45) is 0. The zero-order valence-electron chi connectivity index (χ0n) is 13.8. The number of nitrogens with zero attached hydrogens (tertiary/aromatic N) is 1. The van der Waals surface area contributed by atoms with Gasteiger partial charge in [-0.25, -0.2) is 9.59 Å². The molecule has 0 bridgehead atoms. The number of carboxylic acids is 1. The third-order valence-corrected chi connectivity index (χ3v) is 4.47. The van der Waals surface area contributed by atoms with Gasteiger partial charge in [-0.15, -0.1) is 0 Å². The van der Waals surface area contributed by atoms with Crippen LogP contribution in [-0.4, -0.2) is 11.1 Å². The third-order valence-electron chi connectivity index (χ3n) is 4.47. The Morgan fingerprint density at radius 1 is 1.15 bits per heavy atom. The van der Waals surface area contributed by atoms with Gasteiger partial charge < -0.3 is 20.0 Å². The molecule has 0 amide bonds. The second kappa shape index (κ2) is 6.04. The van der Waals surface area contributed by atoms with E-state index in [4.69, 9.17) is 20.0 Å². The van der Waals surface area contributed by atoms with Crippen molar-refractivity contribution in [3.63, 3.8) is 0 Å². The molecular formula is C20H12N2O5. The largest absolute Gasteiger partial charge is 0.478 e. The van der Waals surface area contributed by atoms with Gasteiger partial charge in [0, 0.05) is 0 Å². The molecule has 3 aromatic rings. The number of aromatic carboxylic acids is 1. The van der Waals surface area contributed by atoms with Crippen molar-refractivity contribution in [1.82, 2.24) is 0 Å². The van der Waals surface area contributed by atoms with E-state index in [1.165, 1.54) is 12.1 Å². The molecule has 27 heavy (non-hydrogen) atoms.